The van der Waals surface area contributed by atoms with E-state index < -0.39 is 0 Å². The van der Waals surface area contributed by atoms with E-state index in [2.05, 4.69) is 29.3 Å². The van der Waals surface area contributed by atoms with Crippen LogP contribution in [0.2, 0.25) is 0 Å². The molecule has 1 aliphatic heterocycles. The summed E-state index contributed by atoms with van der Waals surface area (Å²) in [6.07, 6.45) is 4.44. The molecule has 0 unspecified atom stereocenters. The standard InChI is InChI=1S/C18H32N4O2.HI/c1-5-19-18(20-10-6-17-14(2)21-24-15(17)3)22(4)11-7-16-8-12-23-13-9-16;/h16H,5-13H2,1-4H3,(H,19,20);1H. The Kier molecular flexibility index (Phi) is 10.4. The highest BCUT2D eigenvalue weighted by Gasteiger charge is 2.15. The van der Waals surface area contributed by atoms with E-state index in [-0.39, 0.29) is 24.0 Å². The molecule has 0 saturated carbocycles. The molecular weight excluding hydrogens is 431 g/mol. The van der Waals surface area contributed by atoms with Crippen LogP contribution in [0.25, 0.3) is 0 Å². The second-order valence-electron chi connectivity index (χ2n) is 6.55. The molecule has 0 atom stereocenters. The summed E-state index contributed by atoms with van der Waals surface area (Å²) in [6, 6.07) is 0. The lowest BCUT2D eigenvalue weighted by molar-refractivity contribution is 0.0625. The largest absolute Gasteiger partial charge is 0.381 e. The molecule has 144 valence electrons. The minimum Gasteiger partial charge on any atom is -0.381 e. The van der Waals surface area contributed by atoms with Gasteiger partial charge in [-0.3, -0.25) is 4.99 Å². The van der Waals surface area contributed by atoms with Crippen molar-refractivity contribution in [3.63, 3.8) is 0 Å². The fourth-order valence-electron chi connectivity index (χ4n) is 3.12. The van der Waals surface area contributed by atoms with Crippen LogP contribution < -0.4 is 5.32 Å². The Morgan fingerprint density at radius 3 is 2.64 bits per heavy atom. The topological polar surface area (TPSA) is 62.9 Å². The summed E-state index contributed by atoms with van der Waals surface area (Å²) >= 11 is 0. The molecule has 0 bridgehead atoms. The fraction of sp³-hybridized carbons (Fsp3) is 0.778. The van der Waals surface area contributed by atoms with Crippen molar-refractivity contribution in [3.05, 3.63) is 17.0 Å². The van der Waals surface area contributed by atoms with Gasteiger partial charge in [0.15, 0.2) is 5.96 Å². The third-order valence-electron chi connectivity index (χ3n) is 4.71. The van der Waals surface area contributed by atoms with Crippen LogP contribution in [0.4, 0.5) is 0 Å². The van der Waals surface area contributed by atoms with E-state index >= 15 is 0 Å². The summed E-state index contributed by atoms with van der Waals surface area (Å²) in [5.41, 5.74) is 2.15. The summed E-state index contributed by atoms with van der Waals surface area (Å²) in [7, 11) is 2.12. The zero-order valence-corrected chi connectivity index (χ0v) is 18.3. The van der Waals surface area contributed by atoms with Crippen LogP contribution in [-0.4, -0.2) is 55.9 Å². The van der Waals surface area contributed by atoms with Crippen LogP contribution in [0, 0.1) is 19.8 Å². The first-order chi connectivity index (χ1) is 11.6. The molecule has 1 saturated heterocycles. The predicted molar refractivity (Wildman–Crippen MR) is 112 cm³/mol. The number of halogens is 1. The summed E-state index contributed by atoms with van der Waals surface area (Å²) in [4.78, 5) is 7.01. The number of rotatable bonds is 7. The maximum absolute atomic E-state index is 5.44. The monoisotopic (exact) mass is 464 g/mol. The maximum Gasteiger partial charge on any atom is 0.193 e. The Bertz CT molecular complexity index is 508. The van der Waals surface area contributed by atoms with Crippen molar-refractivity contribution in [1.29, 1.82) is 0 Å². The minimum atomic E-state index is 0. The van der Waals surface area contributed by atoms with Crippen molar-refractivity contribution in [2.75, 3.05) is 39.9 Å². The molecule has 1 aliphatic rings. The van der Waals surface area contributed by atoms with Crippen LogP contribution in [0.15, 0.2) is 9.52 Å². The van der Waals surface area contributed by atoms with Crippen molar-refractivity contribution >= 4 is 29.9 Å². The van der Waals surface area contributed by atoms with Gasteiger partial charge in [0, 0.05) is 45.5 Å². The molecule has 2 heterocycles. The molecule has 25 heavy (non-hydrogen) atoms. The van der Waals surface area contributed by atoms with Gasteiger partial charge in [-0.05, 0) is 52.4 Å². The average molecular weight is 464 g/mol. The van der Waals surface area contributed by atoms with Crippen LogP contribution in [0.5, 0.6) is 0 Å². The zero-order valence-electron chi connectivity index (χ0n) is 16.0. The van der Waals surface area contributed by atoms with Crippen LogP contribution in [0.3, 0.4) is 0 Å². The summed E-state index contributed by atoms with van der Waals surface area (Å²) in [5.74, 6) is 2.67. The highest BCUT2D eigenvalue weighted by Crippen LogP contribution is 2.18. The molecule has 0 aliphatic carbocycles. The SMILES string of the molecule is CCNC(=NCCc1c(C)noc1C)N(C)CCC1CCOCC1.I. The number of ether oxygens (including phenoxy) is 1. The Labute approximate surface area is 168 Å². The third-order valence-corrected chi connectivity index (χ3v) is 4.71. The maximum atomic E-state index is 5.44. The molecule has 0 spiro atoms. The molecule has 1 aromatic rings. The van der Waals surface area contributed by atoms with Gasteiger partial charge in [0.05, 0.1) is 5.69 Å². The highest BCUT2D eigenvalue weighted by molar-refractivity contribution is 14.0. The first kappa shape index (κ1) is 22.2. The van der Waals surface area contributed by atoms with E-state index in [0.29, 0.717) is 0 Å². The Morgan fingerprint density at radius 2 is 2.04 bits per heavy atom. The first-order valence-electron chi connectivity index (χ1n) is 9.10. The number of nitrogens with zero attached hydrogens (tertiary/aromatic N) is 3. The second kappa shape index (κ2) is 11.7. The molecular formula is C18H33IN4O2. The molecule has 7 heteroatoms. The third kappa shape index (κ3) is 7.13. The van der Waals surface area contributed by atoms with Gasteiger partial charge in [-0.25, -0.2) is 0 Å². The predicted octanol–water partition coefficient (Wildman–Crippen LogP) is 3.17. The normalized spacial score (nSPS) is 15.8. The average Bonchev–Trinajstić information content (AvgIpc) is 2.91. The molecule has 0 radical (unpaired) electrons. The quantitative estimate of drug-likeness (QED) is 0.382. The lowest BCUT2D eigenvalue weighted by Gasteiger charge is -2.26. The summed E-state index contributed by atoms with van der Waals surface area (Å²) in [6.45, 7) is 10.5. The van der Waals surface area contributed by atoms with Gasteiger partial charge in [0.2, 0.25) is 0 Å². The molecule has 0 amide bonds. The van der Waals surface area contributed by atoms with Gasteiger partial charge in [-0.1, -0.05) is 5.16 Å². The van der Waals surface area contributed by atoms with Gasteiger partial charge in [0.1, 0.15) is 5.76 Å². The first-order valence-corrected chi connectivity index (χ1v) is 9.10. The van der Waals surface area contributed by atoms with Crippen molar-refractivity contribution in [2.24, 2.45) is 10.9 Å². The number of guanidine groups is 1. The summed E-state index contributed by atoms with van der Waals surface area (Å²) in [5, 5.41) is 7.40. The van der Waals surface area contributed by atoms with Gasteiger partial charge in [-0.2, -0.15) is 0 Å². The Balaban J connectivity index is 0.00000312. The van der Waals surface area contributed by atoms with Gasteiger partial charge in [-0.15, -0.1) is 24.0 Å². The van der Waals surface area contributed by atoms with E-state index in [4.69, 9.17) is 14.3 Å². The molecule has 1 fully saturated rings. The van der Waals surface area contributed by atoms with Crippen molar-refractivity contribution in [1.82, 2.24) is 15.4 Å². The highest BCUT2D eigenvalue weighted by atomic mass is 127. The van der Waals surface area contributed by atoms with Gasteiger partial charge >= 0.3 is 0 Å². The number of aliphatic imine (C=N–C) groups is 1. The number of aryl methyl sites for hydroxylation is 2. The van der Waals surface area contributed by atoms with E-state index in [1.807, 2.05) is 13.8 Å². The molecule has 6 nitrogen and oxygen atoms in total. The van der Waals surface area contributed by atoms with Crippen molar-refractivity contribution in [3.8, 4) is 0 Å². The Hall–Kier alpha value is -0.830. The smallest absolute Gasteiger partial charge is 0.193 e. The number of nitrogens with one attached hydrogen (secondary N) is 1. The number of aromatic nitrogens is 1. The Morgan fingerprint density at radius 1 is 1.32 bits per heavy atom. The lowest BCUT2D eigenvalue weighted by Crippen LogP contribution is -2.40. The van der Waals surface area contributed by atoms with Gasteiger partial charge < -0.3 is 19.5 Å². The van der Waals surface area contributed by atoms with Crippen molar-refractivity contribution in [2.45, 2.75) is 46.5 Å². The van der Waals surface area contributed by atoms with Crippen LogP contribution in [0.1, 0.15) is 43.2 Å². The molecule has 1 aromatic heterocycles. The van der Waals surface area contributed by atoms with E-state index in [9.17, 15) is 0 Å². The van der Waals surface area contributed by atoms with Crippen LogP contribution >= 0.6 is 24.0 Å². The zero-order chi connectivity index (χ0) is 17.4. The van der Waals surface area contributed by atoms with Crippen LogP contribution in [-0.2, 0) is 11.2 Å². The van der Waals surface area contributed by atoms with E-state index in [1.54, 1.807) is 0 Å². The number of hydrogen-bond acceptors (Lipinski definition) is 4. The number of hydrogen-bond donors (Lipinski definition) is 1. The van der Waals surface area contributed by atoms with E-state index in [1.165, 1.54) is 24.8 Å². The summed E-state index contributed by atoms with van der Waals surface area (Å²) < 4.78 is 10.7. The lowest BCUT2D eigenvalue weighted by atomic mass is 9.96. The second-order valence-corrected chi connectivity index (χ2v) is 6.55. The minimum absolute atomic E-state index is 0. The molecule has 2 rings (SSSR count). The van der Waals surface area contributed by atoms with Gasteiger partial charge in [0.25, 0.3) is 0 Å². The van der Waals surface area contributed by atoms with Crippen molar-refractivity contribution < 1.29 is 9.26 Å². The molecule has 0 aromatic carbocycles. The van der Waals surface area contributed by atoms with E-state index in [0.717, 1.165) is 62.6 Å². The fourth-order valence-corrected chi connectivity index (χ4v) is 3.12. The molecule has 1 N–H and O–H groups in total.